The van der Waals surface area contributed by atoms with Crippen molar-refractivity contribution in [2.45, 2.75) is 25.5 Å². The molecule has 0 aliphatic carbocycles. The zero-order valence-corrected chi connectivity index (χ0v) is 21.5. The molecule has 35 heavy (non-hydrogen) atoms. The van der Waals surface area contributed by atoms with E-state index in [2.05, 4.69) is 21.8 Å². The molecule has 1 saturated heterocycles. The van der Waals surface area contributed by atoms with E-state index < -0.39 is 11.9 Å². The van der Waals surface area contributed by atoms with Crippen molar-refractivity contribution >= 4 is 40.4 Å². The van der Waals surface area contributed by atoms with Crippen LogP contribution < -0.4 is 15.4 Å². The summed E-state index contributed by atoms with van der Waals surface area (Å²) in [6.45, 7) is 5.29. The van der Waals surface area contributed by atoms with Gasteiger partial charge in [0.1, 0.15) is 11.9 Å². The maximum Gasteiger partial charge on any atom is 0.166 e. The standard InChI is InChI=1S/C25H27Cl2FN6O/c1-14(22-18(26)10-31-11-19(22)27)35-16-5-6-21(29)17(8-16)23(30)15-7-20(28)24(32-9-15)34-12-25(2,13-34)33(3)4/h5-11,14,30H,12-13,29H2,1-4H3/t14-/m1/s1. The van der Waals surface area contributed by atoms with Crippen LogP contribution in [0.5, 0.6) is 5.75 Å². The van der Waals surface area contributed by atoms with Crippen molar-refractivity contribution in [3.63, 3.8) is 0 Å². The van der Waals surface area contributed by atoms with Gasteiger partial charge in [-0.2, -0.15) is 0 Å². The second-order valence-electron chi connectivity index (χ2n) is 9.18. The molecular weight excluding hydrogens is 490 g/mol. The molecule has 1 fully saturated rings. The number of likely N-dealkylation sites (N-methyl/N-ethyl adjacent to an activating group) is 1. The summed E-state index contributed by atoms with van der Waals surface area (Å²) in [6, 6.07) is 6.30. The Hall–Kier alpha value is -2.94. The smallest absolute Gasteiger partial charge is 0.166 e. The summed E-state index contributed by atoms with van der Waals surface area (Å²) in [5, 5.41) is 9.45. The zero-order valence-electron chi connectivity index (χ0n) is 19.9. The number of rotatable bonds is 7. The second kappa shape index (κ2) is 9.60. The van der Waals surface area contributed by atoms with Crippen LogP contribution in [0.3, 0.4) is 0 Å². The van der Waals surface area contributed by atoms with Crippen LogP contribution in [0.2, 0.25) is 10.0 Å². The van der Waals surface area contributed by atoms with Gasteiger partial charge in [0, 0.05) is 54.1 Å². The van der Waals surface area contributed by atoms with E-state index in [0.29, 0.717) is 51.3 Å². The molecule has 1 aromatic carbocycles. The molecule has 1 aliphatic rings. The summed E-state index contributed by atoms with van der Waals surface area (Å²) in [4.78, 5) is 12.3. The maximum atomic E-state index is 15.0. The van der Waals surface area contributed by atoms with E-state index in [4.69, 9.17) is 39.1 Å². The van der Waals surface area contributed by atoms with Crippen molar-refractivity contribution in [1.82, 2.24) is 14.9 Å². The first-order chi connectivity index (χ1) is 16.5. The monoisotopic (exact) mass is 516 g/mol. The number of nitrogens with one attached hydrogen (secondary N) is 1. The van der Waals surface area contributed by atoms with Gasteiger partial charge >= 0.3 is 0 Å². The predicted molar refractivity (Wildman–Crippen MR) is 139 cm³/mol. The van der Waals surface area contributed by atoms with Gasteiger partial charge in [-0.15, -0.1) is 0 Å². The number of hydrogen-bond donors (Lipinski definition) is 2. The highest BCUT2D eigenvalue weighted by Crippen LogP contribution is 2.34. The van der Waals surface area contributed by atoms with E-state index in [1.807, 2.05) is 25.9 Å². The average molecular weight is 517 g/mol. The van der Waals surface area contributed by atoms with Crippen LogP contribution in [-0.2, 0) is 0 Å². The normalized spacial score (nSPS) is 15.6. The number of hydrogen-bond acceptors (Lipinski definition) is 7. The van der Waals surface area contributed by atoms with Gasteiger partial charge < -0.3 is 20.3 Å². The van der Waals surface area contributed by atoms with Gasteiger partial charge in [0.15, 0.2) is 11.6 Å². The molecule has 7 nitrogen and oxygen atoms in total. The minimum absolute atomic E-state index is 0.0176. The molecule has 4 rings (SSSR count). The molecule has 0 radical (unpaired) electrons. The van der Waals surface area contributed by atoms with Gasteiger partial charge in [-0.3, -0.25) is 10.4 Å². The van der Waals surface area contributed by atoms with Crippen LogP contribution in [0.15, 0.2) is 42.9 Å². The fraction of sp³-hybridized carbons (Fsp3) is 0.320. The van der Waals surface area contributed by atoms with Crippen LogP contribution in [0.4, 0.5) is 15.9 Å². The van der Waals surface area contributed by atoms with Crippen molar-refractivity contribution in [3.05, 3.63) is 75.4 Å². The minimum atomic E-state index is -0.480. The van der Waals surface area contributed by atoms with Crippen LogP contribution >= 0.6 is 23.2 Å². The third-order valence-electron chi connectivity index (χ3n) is 6.46. The van der Waals surface area contributed by atoms with Crippen molar-refractivity contribution in [1.29, 1.82) is 5.41 Å². The Morgan fingerprint density at radius 3 is 2.46 bits per heavy atom. The van der Waals surface area contributed by atoms with Crippen LogP contribution in [0.1, 0.15) is 36.6 Å². The highest BCUT2D eigenvalue weighted by molar-refractivity contribution is 6.35. The van der Waals surface area contributed by atoms with E-state index >= 15 is 0 Å². The summed E-state index contributed by atoms with van der Waals surface area (Å²) in [7, 11) is 4.02. The number of benzene rings is 1. The first-order valence-electron chi connectivity index (χ1n) is 11.0. The molecule has 0 amide bonds. The molecule has 1 atom stereocenters. The van der Waals surface area contributed by atoms with Gasteiger partial charge in [0.25, 0.3) is 0 Å². The Balaban J connectivity index is 1.54. The lowest BCUT2D eigenvalue weighted by Crippen LogP contribution is -2.67. The third-order valence-corrected chi connectivity index (χ3v) is 7.06. The molecule has 0 saturated carbocycles. The first kappa shape index (κ1) is 25.2. The van der Waals surface area contributed by atoms with Crippen LogP contribution in [0, 0.1) is 11.2 Å². The van der Waals surface area contributed by atoms with Crippen LogP contribution in [-0.4, -0.2) is 53.3 Å². The van der Waals surface area contributed by atoms with Crippen molar-refractivity contribution < 1.29 is 9.13 Å². The van der Waals surface area contributed by atoms with Gasteiger partial charge in [-0.1, -0.05) is 23.2 Å². The highest BCUT2D eigenvalue weighted by Gasteiger charge is 2.42. The zero-order chi connectivity index (χ0) is 25.5. The molecule has 3 aromatic rings. The van der Waals surface area contributed by atoms with Gasteiger partial charge in [0.2, 0.25) is 0 Å². The Labute approximate surface area is 214 Å². The topological polar surface area (TPSA) is 91.4 Å². The number of aromatic nitrogens is 2. The van der Waals surface area contributed by atoms with Crippen molar-refractivity contribution in [2.24, 2.45) is 0 Å². The van der Waals surface area contributed by atoms with E-state index in [9.17, 15) is 4.39 Å². The third kappa shape index (κ3) is 4.91. The maximum absolute atomic E-state index is 15.0. The predicted octanol–water partition coefficient (Wildman–Crippen LogP) is 5.20. The SMILES string of the molecule is C[C@@H](Oc1ccc(N)c(C(=N)c2cnc(N3CC(C)(N(C)C)C3)c(F)c2)c1)c1c(Cl)cncc1Cl. The number of anilines is 2. The molecule has 0 bridgehead atoms. The Kier molecular flexibility index (Phi) is 6.90. The van der Waals surface area contributed by atoms with Crippen molar-refractivity contribution in [3.8, 4) is 5.75 Å². The highest BCUT2D eigenvalue weighted by atomic mass is 35.5. The molecule has 0 spiro atoms. The quantitative estimate of drug-likeness (QED) is 0.331. The molecule has 1 aliphatic heterocycles. The van der Waals surface area contributed by atoms with Gasteiger partial charge in [-0.25, -0.2) is 9.37 Å². The van der Waals surface area contributed by atoms with Crippen molar-refractivity contribution in [2.75, 3.05) is 37.8 Å². The Morgan fingerprint density at radius 2 is 1.86 bits per heavy atom. The Morgan fingerprint density at radius 1 is 1.20 bits per heavy atom. The summed E-state index contributed by atoms with van der Waals surface area (Å²) in [5.74, 6) is 0.268. The molecule has 3 N–H and O–H groups in total. The summed E-state index contributed by atoms with van der Waals surface area (Å²) < 4.78 is 21.0. The number of nitrogens with two attached hydrogens (primary N) is 1. The lowest BCUT2D eigenvalue weighted by Gasteiger charge is -2.52. The van der Waals surface area contributed by atoms with Gasteiger partial charge in [0.05, 0.1) is 21.3 Å². The molecular formula is C25H27Cl2FN6O. The lowest BCUT2D eigenvalue weighted by atomic mass is 9.91. The number of pyridine rings is 2. The van der Waals surface area contributed by atoms with E-state index in [1.165, 1.54) is 24.7 Å². The van der Waals surface area contributed by atoms with E-state index in [-0.39, 0.29) is 17.1 Å². The minimum Gasteiger partial charge on any atom is -0.486 e. The molecule has 184 valence electrons. The molecule has 3 heterocycles. The summed E-state index contributed by atoms with van der Waals surface area (Å²) >= 11 is 12.5. The Bertz CT molecular complexity index is 1260. The summed E-state index contributed by atoms with van der Waals surface area (Å²) in [5.41, 5.74) is 7.87. The molecule has 0 unspecified atom stereocenters. The van der Waals surface area contributed by atoms with E-state index in [1.54, 1.807) is 18.2 Å². The lowest BCUT2D eigenvalue weighted by molar-refractivity contribution is 0.132. The molecule has 10 heteroatoms. The average Bonchev–Trinajstić information content (AvgIpc) is 2.77. The fourth-order valence-corrected chi connectivity index (χ4v) is 4.73. The number of nitrogen functional groups attached to an aromatic ring is 1. The number of ether oxygens (including phenoxy) is 1. The van der Waals surface area contributed by atoms with Crippen LogP contribution in [0.25, 0.3) is 0 Å². The second-order valence-corrected chi connectivity index (χ2v) is 9.99. The molecule has 2 aromatic heterocycles. The summed E-state index contributed by atoms with van der Waals surface area (Å²) in [6.07, 6.45) is 4.02. The number of halogens is 3. The van der Waals surface area contributed by atoms with Gasteiger partial charge in [-0.05, 0) is 52.2 Å². The fourth-order valence-electron chi connectivity index (χ4n) is 4.06. The first-order valence-corrected chi connectivity index (χ1v) is 11.8. The largest absolute Gasteiger partial charge is 0.486 e. The van der Waals surface area contributed by atoms with E-state index in [0.717, 1.165) is 0 Å². The number of nitrogens with zero attached hydrogens (tertiary/aromatic N) is 4.